The van der Waals surface area contributed by atoms with Crippen LogP contribution in [-0.4, -0.2) is 46.2 Å². The number of fused-ring (bicyclic) bond motifs is 2. The first-order chi connectivity index (χ1) is 16.5. The number of nitrogens with one attached hydrogen (secondary N) is 1. The first-order valence-electron chi connectivity index (χ1n) is 11.7. The molecule has 0 amide bonds. The van der Waals surface area contributed by atoms with E-state index < -0.39 is 11.8 Å². The lowest BCUT2D eigenvalue weighted by Crippen LogP contribution is -2.30. The number of carbonyl (C=O) groups is 1. The second-order valence-corrected chi connectivity index (χ2v) is 9.40. The van der Waals surface area contributed by atoms with Gasteiger partial charge in [0.1, 0.15) is 0 Å². The van der Waals surface area contributed by atoms with E-state index in [-0.39, 0.29) is 23.5 Å². The largest absolute Gasteiger partial charge is 0.494 e. The minimum atomic E-state index is -0.734. The van der Waals surface area contributed by atoms with E-state index in [1.807, 2.05) is 0 Å². The van der Waals surface area contributed by atoms with Crippen LogP contribution in [0.2, 0.25) is 0 Å². The van der Waals surface area contributed by atoms with E-state index in [2.05, 4.69) is 26.9 Å². The number of H-pyrrole nitrogens is 1. The van der Waals surface area contributed by atoms with Crippen LogP contribution in [0.4, 0.5) is 4.39 Å². The van der Waals surface area contributed by atoms with Crippen LogP contribution in [-0.2, 0) is 9.53 Å². The quantitative estimate of drug-likeness (QED) is 0.429. The number of hydrogen-bond donors (Lipinski definition) is 2. The summed E-state index contributed by atoms with van der Waals surface area (Å²) in [6.45, 7) is 1.35. The van der Waals surface area contributed by atoms with Gasteiger partial charge in [0.2, 0.25) is 0 Å². The van der Waals surface area contributed by atoms with Crippen LogP contribution >= 0.6 is 0 Å². The Morgan fingerprint density at radius 1 is 1.26 bits per heavy atom. The van der Waals surface area contributed by atoms with Gasteiger partial charge in [0.25, 0.3) is 0 Å². The molecule has 2 fully saturated rings. The maximum atomic E-state index is 14.3. The number of carboxylic acids is 1. The van der Waals surface area contributed by atoms with Gasteiger partial charge in [0, 0.05) is 40.7 Å². The fraction of sp³-hybridized carbons (Fsp3) is 0.385. The molecule has 176 valence electrons. The van der Waals surface area contributed by atoms with E-state index in [1.54, 1.807) is 18.3 Å². The Bertz CT molecular complexity index is 1400. The van der Waals surface area contributed by atoms with Crippen LogP contribution in [0.25, 0.3) is 27.5 Å². The van der Waals surface area contributed by atoms with Crippen molar-refractivity contribution in [1.29, 1.82) is 0 Å². The van der Waals surface area contributed by atoms with Gasteiger partial charge in [0.05, 0.1) is 36.9 Å². The summed E-state index contributed by atoms with van der Waals surface area (Å²) < 4.78 is 27.7. The van der Waals surface area contributed by atoms with E-state index in [0.717, 1.165) is 52.6 Å². The molecule has 2 aliphatic rings. The number of aromatic amines is 1. The molecule has 1 atom stereocenters. The molecule has 1 unspecified atom stereocenters. The molecule has 6 rings (SSSR count). The summed E-state index contributed by atoms with van der Waals surface area (Å²) in [4.78, 5) is 11.6. The van der Waals surface area contributed by atoms with Crippen molar-refractivity contribution in [2.45, 2.75) is 37.5 Å². The summed E-state index contributed by atoms with van der Waals surface area (Å²) >= 11 is 0. The van der Waals surface area contributed by atoms with Crippen LogP contribution < -0.4 is 4.74 Å². The van der Waals surface area contributed by atoms with Gasteiger partial charge in [-0.3, -0.25) is 9.89 Å². The molecular formula is C26H26FN3O4. The summed E-state index contributed by atoms with van der Waals surface area (Å²) in [6, 6.07) is 9.15. The summed E-state index contributed by atoms with van der Waals surface area (Å²) in [5.74, 6) is -0.976. The molecule has 3 heterocycles. The molecule has 8 heteroatoms. The highest BCUT2D eigenvalue weighted by Crippen LogP contribution is 2.50. The van der Waals surface area contributed by atoms with Crippen molar-refractivity contribution in [3.8, 4) is 11.4 Å². The Morgan fingerprint density at radius 2 is 2.12 bits per heavy atom. The topological polar surface area (TPSA) is 89.4 Å². The first kappa shape index (κ1) is 21.2. The maximum absolute atomic E-state index is 14.3. The van der Waals surface area contributed by atoms with Gasteiger partial charge < -0.3 is 19.1 Å². The van der Waals surface area contributed by atoms with E-state index in [9.17, 15) is 14.3 Å². The van der Waals surface area contributed by atoms with Gasteiger partial charge in [-0.1, -0.05) is 0 Å². The highest BCUT2D eigenvalue weighted by molar-refractivity contribution is 5.99. The van der Waals surface area contributed by atoms with E-state index in [4.69, 9.17) is 9.47 Å². The fourth-order valence-corrected chi connectivity index (χ4v) is 5.68. The van der Waals surface area contributed by atoms with Crippen molar-refractivity contribution in [2.75, 3.05) is 20.3 Å². The average Bonchev–Trinajstić information content (AvgIpc) is 3.39. The minimum absolute atomic E-state index is 0.143. The van der Waals surface area contributed by atoms with Crippen LogP contribution in [0.15, 0.2) is 36.5 Å². The molecule has 2 aromatic carbocycles. The van der Waals surface area contributed by atoms with Crippen molar-refractivity contribution < 1.29 is 23.8 Å². The Kier molecular flexibility index (Phi) is 5.06. The van der Waals surface area contributed by atoms with Crippen LogP contribution in [0.5, 0.6) is 5.75 Å². The van der Waals surface area contributed by atoms with Crippen LogP contribution in [0, 0.1) is 11.7 Å². The number of methoxy groups -OCH3 is 1. The van der Waals surface area contributed by atoms with Crippen LogP contribution in [0.1, 0.15) is 48.8 Å². The molecule has 2 aromatic heterocycles. The predicted molar refractivity (Wildman–Crippen MR) is 125 cm³/mol. The molecule has 1 saturated heterocycles. The van der Waals surface area contributed by atoms with E-state index in [1.165, 1.54) is 18.7 Å². The summed E-state index contributed by atoms with van der Waals surface area (Å²) in [6.07, 6.45) is 4.97. The van der Waals surface area contributed by atoms with Gasteiger partial charge in [-0.25, -0.2) is 4.39 Å². The lowest BCUT2D eigenvalue weighted by molar-refractivity contribution is -0.145. The Balaban J connectivity index is 1.64. The van der Waals surface area contributed by atoms with Gasteiger partial charge in [-0.2, -0.15) is 5.10 Å². The summed E-state index contributed by atoms with van der Waals surface area (Å²) in [5, 5.41) is 18.8. The standard InChI is InChI=1S/C26H26FN3O4/c1-33-23-10-18(4-5-20(23)27)30-22-9-17-12-28-29-21(17)11-19(22)24(15-7-16(8-15)26(31)32)25(30)14-3-2-6-34-13-14/h4-5,9-12,14-16H,2-3,6-8,13H2,1H3,(H,28,29)(H,31,32). The van der Waals surface area contributed by atoms with Gasteiger partial charge in [-0.05, 0) is 61.4 Å². The predicted octanol–water partition coefficient (Wildman–Crippen LogP) is 5.13. The number of benzene rings is 2. The highest BCUT2D eigenvalue weighted by atomic mass is 19.1. The minimum Gasteiger partial charge on any atom is -0.494 e. The molecule has 34 heavy (non-hydrogen) atoms. The number of ether oxygens (including phenoxy) is 2. The zero-order chi connectivity index (χ0) is 23.4. The molecule has 0 spiro atoms. The van der Waals surface area contributed by atoms with Crippen molar-refractivity contribution in [3.05, 3.63) is 53.6 Å². The molecule has 0 bridgehead atoms. The molecule has 4 aromatic rings. The number of nitrogens with zero attached hydrogens (tertiary/aromatic N) is 2. The Labute approximate surface area is 195 Å². The van der Waals surface area contributed by atoms with Crippen molar-refractivity contribution in [1.82, 2.24) is 14.8 Å². The normalized spacial score (nSPS) is 22.7. The number of rotatable bonds is 5. The molecule has 2 N–H and O–H groups in total. The number of aromatic nitrogens is 3. The third kappa shape index (κ3) is 3.27. The maximum Gasteiger partial charge on any atom is 0.306 e. The summed E-state index contributed by atoms with van der Waals surface area (Å²) in [5.41, 5.74) is 5.06. The van der Waals surface area contributed by atoms with Gasteiger partial charge in [-0.15, -0.1) is 0 Å². The number of halogens is 1. The molecular weight excluding hydrogens is 437 g/mol. The molecule has 1 aliphatic heterocycles. The zero-order valence-electron chi connectivity index (χ0n) is 18.9. The van der Waals surface area contributed by atoms with E-state index in [0.29, 0.717) is 19.4 Å². The number of carboxylic acid groups (broad SMARTS) is 1. The molecule has 0 radical (unpaired) electrons. The summed E-state index contributed by atoms with van der Waals surface area (Å²) in [7, 11) is 1.46. The molecule has 1 aliphatic carbocycles. The third-order valence-electron chi connectivity index (χ3n) is 7.44. The number of aliphatic carboxylic acids is 1. The van der Waals surface area contributed by atoms with Crippen molar-refractivity contribution in [3.63, 3.8) is 0 Å². The smallest absolute Gasteiger partial charge is 0.306 e. The monoisotopic (exact) mass is 463 g/mol. The zero-order valence-corrected chi connectivity index (χ0v) is 18.9. The van der Waals surface area contributed by atoms with Crippen molar-refractivity contribution in [2.24, 2.45) is 5.92 Å². The Morgan fingerprint density at radius 3 is 2.85 bits per heavy atom. The second-order valence-electron chi connectivity index (χ2n) is 9.40. The van der Waals surface area contributed by atoms with Gasteiger partial charge >= 0.3 is 5.97 Å². The highest BCUT2D eigenvalue weighted by Gasteiger charge is 2.40. The molecule has 7 nitrogen and oxygen atoms in total. The Hall–Kier alpha value is -3.39. The lowest BCUT2D eigenvalue weighted by Gasteiger charge is -2.35. The third-order valence-corrected chi connectivity index (χ3v) is 7.44. The second kappa shape index (κ2) is 8.13. The fourth-order valence-electron chi connectivity index (χ4n) is 5.68. The average molecular weight is 464 g/mol. The molecule has 1 saturated carbocycles. The van der Waals surface area contributed by atoms with Crippen LogP contribution in [0.3, 0.4) is 0 Å². The first-order valence-corrected chi connectivity index (χ1v) is 11.7. The van der Waals surface area contributed by atoms with Crippen molar-refractivity contribution >= 4 is 27.8 Å². The number of hydrogen-bond acceptors (Lipinski definition) is 4. The SMILES string of the molecule is COc1cc(-n2c(C3CCCOC3)c(C3CC(C(=O)O)C3)c3cc4[nH]ncc4cc32)ccc1F. The van der Waals surface area contributed by atoms with E-state index >= 15 is 0 Å². The van der Waals surface area contributed by atoms with Gasteiger partial charge in [0.15, 0.2) is 11.6 Å². The lowest BCUT2D eigenvalue weighted by atomic mass is 9.69.